The summed E-state index contributed by atoms with van der Waals surface area (Å²) in [4.78, 5) is 45.8. The van der Waals surface area contributed by atoms with E-state index >= 15 is 0 Å². The molecule has 9 nitrogen and oxygen atoms in total. The normalized spacial score (nSPS) is 12.9. The minimum absolute atomic E-state index is 0.0909. The Morgan fingerprint density at radius 3 is 2.48 bits per heavy atom. The zero-order chi connectivity index (χ0) is 16.9. The molecule has 23 heavy (non-hydrogen) atoms. The predicted molar refractivity (Wildman–Crippen MR) is 82.6 cm³/mol. The van der Waals surface area contributed by atoms with Gasteiger partial charge in [0.15, 0.2) is 0 Å². The Morgan fingerprint density at radius 2 is 1.87 bits per heavy atom. The minimum atomic E-state index is -0.700. The van der Waals surface area contributed by atoms with E-state index < -0.39 is 22.3 Å². The van der Waals surface area contributed by atoms with Crippen molar-refractivity contribution in [2.45, 2.75) is 0 Å². The lowest BCUT2D eigenvalue weighted by Gasteiger charge is -2.13. The fourth-order valence-electron chi connectivity index (χ4n) is 2.32. The lowest BCUT2D eigenvalue weighted by molar-refractivity contribution is -0.384. The van der Waals surface area contributed by atoms with E-state index in [9.17, 15) is 24.5 Å². The van der Waals surface area contributed by atoms with Crippen molar-refractivity contribution >= 4 is 39.2 Å². The van der Waals surface area contributed by atoms with E-state index in [1.54, 1.807) is 0 Å². The van der Waals surface area contributed by atoms with Crippen molar-refractivity contribution in [1.82, 2.24) is 9.88 Å². The number of non-ortho nitro benzene ring substituents is 1. The Labute approximate surface area is 136 Å². The number of hydrogen-bond acceptors (Lipinski definition) is 6. The summed E-state index contributed by atoms with van der Waals surface area (Å²) in [5.74, 6) is -1.61. The zero-order valence-corrected chi connectivity index (χ0v) is 12.8. The summed E-state index contributed by atoms with van der Waals surface area (Å²) in [6.45, 7) is 0. The molecule has 0 saturated heterocycles. The molecule has 1 aliphatic heterocycles. The number of pyridine rings is 1. The highest BCUT2D eigenvalue weighted by Crippen LogP contribution is 2.29. The zero-order valence-electron chi connectivity index (χ0n) is 11.2. The molecule has 116 valence electrons. The molecule has 2 aromatic rings. The molecule has 0 saturated carbocycles. The van der Waals surface area contributed by atoms with Crippen LogP contribution in [-0.4, -0.2) is 21.3 Å². The Kier molecular flexibility index (Phi) is 3.25. The number of nitro groups is 1. The molecule has 0 bridgehead atoms. The van der Waals surface area contributed by atoms with E-state index in [1.165, 1.54) is 18.2 Å². The Balaban J connectivity index is 2.29. The third kappa shape index (κ3) is 2.19. The van der Waals surface area contributed by atoms with Gasteiger partial charge in [0.1, 0.15) is 5.82 Å². The highest BCUT2D eigenvalue weighted by atomic mass is 79.9. The number of nitrogen functional groups attached to an aromatic ring is 1. The molecule has 1 aromatic heterocycles. The number of halogens is 1. The minimum Gasteiger partial charge on any atom is -0.384 e. The first kappa shape index (κ1) is 14.9. The van der Waals surface area contributed by atoms with Gasteiger partial charge in [-0.1, -0.05) is 0 Å². The molecule has 10 heteroatoms. The number of nitrogens with two attached hydrogens (primary N) is 1. The number of nitrogens with zero attached hydrogens (tertiary/aromatic N) is 2. The van der Waals surface area contributed by atoms with Crippen molar-refractivity contribution in [2.75, 3.05) is 5.73 Å². The summed E-state index contributed by atoms with van der Waals surface area (Å²) in [5, 5.41) is 12.8. The molecular weight excluding hydrogens is 372 g/mol. The molecule has 0 spiro atoms. The molecule has 0 fully saturated rings. The molecule has 3 N–H and O–H groups in total. The topological polar surface area (TPSA) is 137 Å². The van der Waals surface area contributed by atoms with Crippen molar-refractivity contribution in [2.24, 2.45) is 0 Å². The SMILES string of the molecule is Nc1c2c(cc(=O)n1-c1ccc([N+](=O)[O-])cc1Br)C(=O)NC2=O. The first-order chi connectivity index (χ1) is 10.8. The van der Waals surface area contributed by atoms with Gasteiger partial charge in [0.2, 0.25) is 0 Å². The molecule has 0 radical (unpaired) electrons. The van der Waals surface area contributed by atoms with Gasteiger partial charge in [0.25, 0.3) is 23.1 Å². The first-order valence-electron chi connectivity index (χ1n) is 6.16. The second-order valence-electron chi connectivity index (χ2n) is 4.67. The average Bonchev–Trinajstić information content (AvgIpc) is 2.75. The summed E-state index contributed by atoms with van der Waals surface area (Å²) in [5.41, 5.74) is 5.09. The second-order valence-corrected chi connectivity index (χ2v) is 5.52. The summed E-state index contributed by atoms with van der Waals surface area (Å²) in [7, 11) is 0. The van der Waals surface area contributed by atoms with E-state index in [4.69, 9.17) is 5.73 Å². The average molecular weight is 379 g/mol. The van der Waals surface area contributed by atoms with Gasteiger partial charge in [0.05, 0.1) is 21.7 Å². The highest BCUT2D eigenvalue weighted by Gasteiger charge is 2.32. The number of carbonyl (C=O) groups is 2. The number of nitro benzene ring substituents is 1. The molecule has 0 atom stereocenters. The summed E-state index contributed by atoms with van der Waals surface area (Å²) in [6, 6.07) is 4.73. The van der Waals surface area contributed by atoms with Crippen LogP contribution in [0.25, 0.3) is 5.69 Å². The number of amides is 2. The Morgan fingerprint density at radius 1 is 1.17 bits per heavy atom. The monoisotopic (exact) mass is 378 g/mol. The lowest BCUT2D eigenvalue weighted by atomic mass is 10.1. The quantitative estimate of drug-likeness (QED) is 0.453. The van der Waals surface area contributed by atoms with E-state index in [2.05, 4.69) is 21.2 Å². The van der Waals surface area contributed by atoms with Gasteiger partial charge >= 0.3 is 0 Å². The van der Waals surface area contributed by atoms with Crippen LogP contribution in [-0.2, 0) is 0 Å². The molecule has 3 rings (SSSR count). The van der Waals surface area contributed by atoms with E-state index in [0.717, 1.165) is 10.6 Å². The highest BCUT2D eigenvalue weighted by molar-refractivity contribution is 9.10. The van der Waals surface area contributed by atoms with Crippen LogP contribution in [0.1, 0.15) is 20.7 Å². The van der Waals surface area contributed by atoms with Gasteiger partial charge in [-0.3, -0.25) is 34.4 Å². The van der Waals surface area contributed by atoms with Gasteiger partial charge < -0.3 is 5.73 Å². The number of hydrogen-bond donors (Lipinski definition) is 2. The van der Waals surface area contributed by atoms with Crippen LogP contribution >= 0.6 is 15.9 Å². The van der Waals surface area contributed by atoms with Crippen molar-refractivity contribution in [1.29, 1.82) is 0 Å². The van der Waals surface area contributed by atoms with Crippen LogP contribution in [0.5, 0.6) is 0 Å². The molecule has 2 heterocycles. The molecule has 1 aromatic carbocycles. The fraction of sp³-hybridized carbons (Fsp3) is 0. The summed E-state index contributed by atoms with van der Waals surface area (Å²) >= 11 is 3.14. The number of nitrogens with one attached hydrogen (secondary N) is 1. The van der Waals surface area contributed by atoms with Gasteiger partial charge in [-0.05, 0) is 22.0 Å². The first-order valence-corrected chi connectivity index (χ1v) is 6.96. The Hall–Kier alpha value is -3.01. The number of anilines is 1. The van der Waals surface area contributed by atoms with Gasteiger partial charge in [0, 0.05) is 22.7 Å². The molecule has 0 aliphatic carbocycles. The van der Waals surface area contributed by atoms with E-state index in [0.29, 0.717) is 0 Å². The number of rotatable bonds is 2. The van der Waals surface area contributed by atoms with Crippen LogP contribution in [0, 0.1) is 10.1 Å². The van der Waals surface area contributed by atoms with Crippen molar-refractivity contribution in [3.8, 4) is 5.69 Å². The van der Waals surface area contributed by atoms with Crippen LogP contribution in [0.2, 0.25) is 0 Å². The van der Waals surface area contributed by atoms with Gasteiger partial charge in [-0.15, -0.1) is 0 Å². The third-order valence-electron chi connectivity index (χ3n) is 3.34. The predicted octanol–water partition coefficient (Wildman–Crippen LogP) is 0.974. The number of benzene rings is 1. The number of aromatic nitrogens is 1. The van der Waals surface area contributed by atoms with Crippen LogP contribution in [0.3, 0.4) is 0 Å². The van der Waals surface area contributed by atoms with Crippen molar-refractivity contribution in [3.05, 3.63) is 60.3 Å². The second kappa shape index (κ2) is 5.02. The maximum absolute atomic E-state index is 12.3. The maximum atomic E-state index is 12.3. The summed E-state index contributed by atoms with van der Waals surface area (Å²) in [6.07, 6.45) is 0. The largest absolute Gasteiger partial charge is 0.384 e. The van der Waals surface area contributed by atoms with Crippen LogP contribution < -0.4 is 16.6 Å². The molecule has 2 amide bonds. The van der Waals surface area contributed by atoms with Gasteiger partial charge in [-0.25, -0.2) is 0 Å². The van der Waals surface area contributed by atoms with Gasteiger partial charge in [-0.2, -0.15) is 0 Å². The molecular formula is C13H7BrN4O5. The lowest BCUT2D eigenvalue weighted by Crippen LogP contribution is -2.24. The van der Waals surface area contributed by atoms with Crippen molar-refractivity contribution < 1.29 is 14.5 Å². The fourth-order valence-corrected chi connectivity index (χ4v) is 2.86. The number of carbonyl (C=O) groups excluding carboxylic acids is 2. The van der Waals surface area contributed by atoms with Crippen molar-refractivity contribution in [3.63, 3.8) is 0 Å². The molecule has 1 aliphatic rings. The standard InChI is InChI=1S/C13H7BrN4O5/c14-7-3-5(18(22)23)1-2-8(7)17-9(19)4-6-10(11(17)15)13(21)16-12(6)20/h1-4H,15H2,(H,16,20,21). The molecule has 0 unspecified atom stereocenters. The van der Waals surface area contributed by atoms with Crippen LogP contribution in [0.4, 0.5) is 11.5 Å². The van der Waals surface area contributed by atoms with Crippen LogP contribution in [0.15, 0.2) is 33.5 Å². The Bertz CT molecular complexity index is 966. The maximum Gasteiger partial charge on any atom is 0.270 e. The third-order valence-corrected chi connectivity index (χ3v) is 3.97. The number of imide groups is 1. The van der Waals surface area contributed by atoms with E-state index in [1.807, 2.05) is 0 Å². The number of fused-ring (bicyclic) bond motifs is 1. The van der Waals surface area contributed by atoms with E-state index in [-0.39, 0.29) is 32.8 Å². The smallest absolute Gasteiger partial charge is 0.270 e. The summed E-state index contributed by atoms with van der Waals surface area (Å²) < 4.78 is 1.25.